The van der Waals surface area contributed by atoms with Crippen LogP contribution in [0.3, 0.4) is 0 Å². The van der Waals surface area contributed by atoms with Gasteiger partial charge in [-0.05, 0) is 86.0 Å². The first kappa shape index (κ1) is 23.3. The van der Waals surface area contributed by atoms with Gasteiger partial charge in [0.1, 0.15) is 17.7 Å². The number of unbranched alkanes of at least 4 members (excludes halogenated alkanes) is 2. The number of rotatable bonds is 7. The third-order valence-electron chi connectivity index (χ3n) is 9.16. The quantitative estimate of drug-likeness (QED) is 0.529. The van der Waals surface area contributed by atoms with Crippen molar-refractivity contribution in [2.75, 3.05) is 13.2 Å². The van der Waals surface area contributed by atoms with E-state index < -0.39 is 11.6 Å². The molecule has 0 radical (unpaired) electrons. The number of hydrogen-bond donors (Lipinski definition) is 1. The van der Waals surface area contributed by atoms with Gasteiger partial charge in [0, 0.05) is 30.8 Å². The Morgan fingerprint density at radius 1 is 1.21 bits per heavy atom. The van der Waals surface area contributed by atoms with E-state index in [9.17, 15) is 9.90 Å². The molecule has 4 nitrogen and oxygen atoms in total. The van der Waals surface area contributed by atoms with Gasteiger partial charge in [-0.15, -0.1) is 0 Å². The zero-order chi connectivity index (χ0) is 23.0. The number of ether oxygens (including phenoxy) is 2. The maximum absolute atomic E-state index is 15.9. The molecule has 5 rings (SSSR count). The summed E-state index contributed by atoms with van der Waals surface area (Å²) in [5.41, 5.74) is 1.85. The molecule has 3 fully saturated rings. The molecule has 0 spiro atoms. The number of alkyl halides is 1. The first-order chi connectivity index (χ1) is 16.0. The monoisotopic (exact) mass is 458 g/mol. The molecule has 3 unspecified atom stereocenters. The molecule has 1 aliphatic heterocycles. The second-order valence-electron chi connectivity index (χ2n) is 11.1. The van der Waals surface area contributed by atoms with Crippen LogP contribution >= 0.6 is 0 Å². The van der Waals surface area contributed by atoms with Crippen molar-refractivity contribution < 1.29 is 23.8 Å². The lowest BCUT2D eigenvalue weighted by molar-refractivity contribution is -0.132. The molecule has 1 saturated heterocycles. The predicted molar refractivity (Wildman–Crippen MR) is 125 cm³/mol. The van der Waals surface area contributed by atoms with Gasteiger partial charge in [-0.1, -0.05) is 25.8 Å². The van der Waals surface area contributed by atoms with Crippen molar-refractivity contribution in [2.24, 2.45) is 23.2 Å². The Morgan fingerprint density at radius 2 is 2.09 bits per heavy atom. The molecule has 7 atom stereocenters. The van der Waals surface area contributed by atoms with Crippen LogP contribution in [-0.2, 0) is 16.0 Å². The molecule has 1 heterocycles. The Bertz CT molecular complexity index is 850. The molecular weight excluding hydrogens is 419 g/mol. The van der Waals surface area contributed by atoms with E-state index in [2.05, 4.69) is 12.1 Å². The summed E-state index contributed by atoms with van der Waals surface area (Å²) < 4.78 is 27.8. The highest BCUT2D eigenvalue weighted by Gasteiger charge is 2.60. The van der Waals surface area contributed by atoms with E-state index in [1.54, 1.807) is 0 Å². The number of benzene rings is 1. The van der Waals surface area contributed by atoms with Crippen molar-refractivity contribution in [1.82, 2.24) is 0 Å². The topological polar surface area (TPSA) is 55.8 Å². The number of carbonyl (C=O) groups is 1. The van der Waals surface area contributed by atoms with E-state index in [0.717, 1.165) is 75.7 Å². The number of carbonyl (C=O) groups excluding carboxylic acids is 1. The van der Waals surface area contributed by atoms with Crippen molar-refractivity contribution in [1.29, 1.82) is 0 Å². The minimum absolute atomic E-state index is 0.124. The number of ketones is 1. The Morgan fingerprint density at radius 3 is 2.88 bits per heavy atom. The molecule has 1 aromatic rings. The molecule has 0 amide bonds. The summed E-state index contributed by atoms with van der Waals surface area (Å²) in [5.74, 6) is 1.85. The maximum Gasteiger partial charge on any atom is 0.199 e. The molecule has 0 bridgehead atoms. The van der Waals surface area contributed by atoms with E-state index in [0.29, 0.717) is 18.8 Å². The van der Waals surface area contributed by atoms with Crippen molar-refractivity contribution in [3.05, 3.63) is 29.3 Å². The molecule has 1 N–H and O–H groups in total. The minimum atomic E-state index is -0.981. The SMILES string of the molecule is C[C@]12CC(F)[C@@H]3c4ccc(OC5CCCCO5)cc4CC(CCCCCO)[C@H]3[C@@H]1CCC2=O. The molecule has 182 valence electrons. The van der Waals surface area contributed by atoms with Gasteiger partial charge in [-0.2, -0.15) is 0 Å². The predicted octanol–water partition coefficient (Wildman–Crippen LogP) is 5.74. The second kappa shape index (κ2) is 9.65. The fourth-order valence-electron chi connectivity index (χ4n) is 7.55. The highest BCUT2D eigenvalue weighted by molar-refractivity contribution is 5.87. The second-order valence-corrected chi connectivity index (χ2v) is 11.1. The number of fused-ring (bicyclic) bond motifs is 5. The zero-order valence-corrected chi connectivity index (χ0v) is 19.9. The molecule has 5 heteroatoms. The summed E-state index contributed by atoms with van der Waals surface area (Å²) in [5, 5.41) is 9.20. The lowest BCUT2D eigenvalue weighted by Crippen LogP contribution is -2.50. The average molecular weight is 459 g/mol. The zero-order valence-electron chi connectivity index (χ0n) is 19.9. The average Bonchev–Trinajstić information content (AvgIpc) is 3.10. The molecule has 3 aliphatic carbocycles. The van der Waals surface area contributed by atoms with Crippen molar-refractivity contribution in [2.45, 2.75) is 95.9 Å². The van der Waals surface area contributed by atoms with Crippen LogP contribution in [0.5, 0.6) is 5.75 Å². The molecule has 4 aliphatic rings. The summed E-state index contributed by atoms with van der Waals surface area (Å²) in [6.45, 7) is 3.01. The van der Waals surface area contributed by atoms with Crippen LogP contribution < -0.4 is 4.74 Å². The third-order valence-corrected chi connectivity index (χ3v) is 9.16. The third kappa shape index (κ3) is 4.36. The fourth-order valence-corrected chi connectivity index (χ4v) is 7.55. The Hall–Kier alpha value is -1.46. The number of aliphatic hydroxyl groups is 1. The standard InChI is InChI=1S/C28H39FO4/c1-28-17-23(29)27-21-10-9-20(33-25-8-4-6-14-32-25)16-19(21)15-18(7-3-2-5-13-30)26(27)22(28)11-12-24(28)31/h9-10,16,18,22-23,25-27,30H,2-8,11-15,17H2,1H3/t18?,22-,23?,25?,26-,27-,28-/m0/s1. The van der Waals surface area contributed by atoms with Gasteiger partial charge in [0.05, 0.1) is 6.61 Å². The highest BCUT2D eigenvalue weighted by Crippen LogP contribution is 2.62. The van der Waals surface area contributed by atoms with Gasteiger partial charge in [0.2, 0.25) is 0 Å². The molecule has 33 heavy (non-hydrogen) atoms. The molecular formula is C28H39FO4. The summed E-state index contributed by atoms with van der Waals surface area (Å²) in [7, 11) is 0. The Labute approximate surface area is 197 Å². The molecule has 1 aromatic carbocycles. The normalized spacial score (nSPS) is 37.8. The lowest BCUT2D eigenvalue weighted by atomic mass is 9.51. The summed E-state index contributed by atoms with van der Waals surface area (Å²) >= 11 is 0. The number of halogens is 1. The van der Waals surface area contributed by atoms with Crippen molar-refractivity contribution >= 4 is 5.78 Å². The van der Waals surface area contributed by atoms with Crippen LogP contribution in [0, 0.1) is 23.2 Å². The van der Waals surface area contributed by atoms with E-state index in [-0.39, 0.29) is 36.4 Å². The number of Topliss-reactive ketones (excluding diaryl/α,β-unsaturated/α-hetero) is 1. The van der Waals surface area contributed by atoms with Crippen LogP contribution in [-0.4, -0.2) is 36.6 Å². The fraction of sp³-hybridized carbons (Fsp3) is 0.750. The number of hydrogen-bond acceptors (Lipinski definition) is 4. The minimum Gasteiger partial charge on any atom is -0.465 e. The summed E-state index contributed by atoms with van der Waals surface area (Å²) in [6, 6.07) is 6.22. The van der Waals surface area contributed by atoms with E-state index in [1.165, 1.54) is 5.56 Å². The largest absolute Gasteiger partial charge is 0.465 e. The Balaban J connectivity index is 1.43. The van der Waals surface area contributed by atoms with Gasteiger partial charge in [-0.25, -0.2) is 4.39 Å². The highest BCUT2D eigenvalue weighted by atomic mass is 19.1. The summed E-state index contributed by atoms with van der Waals surface area (Å²) in [6.07, 6.45) is 8.66. The Kier molecular flexibility index (Phi) is 6.81. The van der Waals surface area contributed by atoms with Gasteiger partial charge < -0.3 is 14.6 Å². The first-order valence-electron chi connectivity index (χ1n) is 13.2. The van der Waals surface area contributed by atoms with Crippen LogP contribution in [0.15, 0.2) is 18.2 Å². The van der Waals surface area contributed by atoms with Gasteiger partial charge in [-0.3, -0.25) is 4.79 Å². The molecule has 0 aromatic heterocycles. The van der Waals surface area contributed by atoms with Crippen molar-refractivity contribution in [3.8, 4) is 5.75 Å². The summed E-state index contributed by atoms with van der Waals surface area (Å²) in [4.78, 5) is 12.8. The van der Waals surface area contributed by atoms with Gasteiger partial charge >= 0.3 is 0 Å². The van der Waals surface area contributed by atoms with E-state index >= 15 is 4.39 Å². The van der Waals surface area contributed by atoms with Crippen LogP contribution in [0.2, 0.25) is 0 Å². The van der Waals surface area contributed by atoms with Gasteiger partial charge in [0.25, 0.3) is 0 Å². The van der Waals surface area contributed by atoms with Crippen LogP contribution in [0.25, 0.3) is 0 Å². The van der Waals surface area contributed by atoms with E-state index in [4.69, 9.17) is 9.47 Å². The maximum atomic E-state index is 15.9. The first-order valence-corrected chi connectivity index (χ1v) is 13.2. The van der Waals surface area contributed by atoms with Gasteiger partial charge in [0.15, 0.2) is 6.29 Å². The lowest BCUT2D eigenvalue weighted by Gasteiger charge is -2.53. The van der Waals surface area contributed by atoms with Crippen molar-refractivity contribution in [3.63, 3.8) is 0 Å². The smallest absolute Gasteiger partial charge is 0.199 e. The number of aliphatic hydroxyl groups excluding tert-OH is 1. The van der Waals surface area contributed by atoms with Crippen LogP contribution in [0.4, 0.5) is 4.39 Å². The molecule has 2 saturated carbocycles. The van der Waals surface area contributed by atoms with E-state index in [1.807, 2.05) is 13.0 Å². The van der Waals surface area contributed by atoms with Crippen LogP contribution in [0.1, 0.15) is 88.2 Å².